The number of anilines is 1. The topological polar surface area (TPSA) is 148 Å². The van der Waals surface area contributed by atoms with Crippen LogP contribution in [0.1, 0.15) is 18.4 Å². The molecule has 1 N–H and O–H groups in total. The van der Waals surface area contributed by atoms with Crippen LogP contribution in [0.15, 0.2) is 52.5 Å². The molecular weight excluding hydrogens is 402 g/mol. The lowest BCUT2D eigenvalue weighted by Crippen LogP contribution is -2.27. The molecule has 1 heterocycles. The molecule has 0 saturated carbocycles. The first kappa shape index (κ1) is 20.4. The molecule has 0 radical (unpaired) electrons. The van der Waals surface area contributed by atoms with Crippen molar-refractivity contribution >= 4 is 33.3 Å². The van der Waals surface area contributed by atoms with Crippen molar-refractivity contribution in [2.75, 3.05) is 18.5 Å². The number of rotatable bonds is 7. The van der Waals surface area contributed by atoms with E-state index in [2.05, 4.69) is 10.5 Å². The zero-order valence-electron chi connectivity index (χ0n) is 15.1. The molecule has 12 heteroatoms. The van der Waals surface area contributed by atoms with Crippen LogP contribution in [0, 0.1) is 20.2 Å². The second-order valence-corrected chi connectivity index (χ2v) is 8.20. The Kier molecular flexibility index (Phi) is 5.84. The summed E-state index contributed by atoms with van der Waals surface area (Å²) in [6.45, 7) is 0.797. The number of hydrazone groups is 1. The van der Waals surface area contributed by atoms with Gasteiger partial charge in [0, 0.05) is 31.3 Å². The van der Waals surface area contributed by atoms with Gasteiger partial charge in [-0.15, -0.1) is 0 Å². The molecule has 2 aromatic carbocycles. The molecule has 0 amide bonds. The number of hydrogen-bond acceptors (Lipinski definition) is 8. The van der Waals surface area contributed by atoms with Crippen molar-refractivity contribution < 1.29 is 18.3 Å². The predicted molar refractivity (Wildman–Crippen MR) is 105 cm³/mol. The molecule has 0 unspecified atom stereocenters. The van der Waals surface area contributed by atoms with Gasteiger partial charge in [-0.2, -0.15) is 9.41 Å². The number of sulfonamides is 1. The maximum atomic E-state index is 12.6. The molecule has 11 nitrogen and oxygen atoms in total. The molecule has 1 aliphatic rings. The van der Waals surface area contributed by atoms with E-state index in [9.17, 15) is 28.6 Å². The van der Waals surface area contributed by atoms with Crippen molar-refractivity contribution in [1.29, 1.82) is 0 Å². The summed E-state index contributed by atoms with van der Waals surface area (Å²) in [7, 11) is -3.78. The average molecular weight is 419 g/mol. The van der Waals surface area contributed by atoms with Crippen LogP contribution in [0.3, 0.4) is 0 Å². The third-order valence-corrected chi connectivity index (χ3v) is 6.27. The van der Waals surface area contributed by atoms with Crippen LogP contribution in [0.5, 0.6) is 0 Å². The van der Waals surface area contributed by atoms with Crippen molar-refractivity contribution in [3.05, 3.63) is 68.3 Å². The van der Waals surface area contributed by atoms with E-state index in [1.807, 2.05) is 0 Å². The minimum absolute atomic E-state index is 0.0218. The van der Waals surface area contributed by atoms with Crippen molar-refractivity contribution in [1.82, 2.24) is 4.31 Å². The van der Waals surface area contributed by atoms with Gasteiger partial charge in [0.2, 0.25) is 10.0 Å². The van der Waals surface area contributed by atoms with Crippen LogP contribution >= 0.6 is 0 Å². The summed E-state index contributed by atoms with van der Waals surface area (Å²) < 4.78 is 26.5. The van der Waals surface area contributed by atoms with Gasteiger partial charge >= 0.3 is 0 Å². The van der Waals surface area contributed by atoms with E-state index < -0.39 is 25.6 Å². The largest absolute Gasteiger partial charge is 0.295 e. The molecule has 3 rings (SSSR count). The second-order valence-electron chi connectivity index (χ2n) is 6.27. The van der Waals surface area contributed by atoms with E-state index in [-0.39, 0.29) is 16.3 Å². The molecule has 1 saturated heterocycles. The van der Waals surface area contributed by atoms with E-state index >= 15 is 0 Å². The summed E-state index contributed by atoms with van der Waals surface area (Å²) in [5.74, 6) is 0. The van der Waals surface area contributed by atoms with Crippen molar-refractivity contribution in [2.24, 2.45) is 5.10 Å². The zero-order chi connectivity index (χ0) is 21.0. The first-order chi connectivity index (χ1) is 13.8. The average Bonchev–Trinajstić information content (AvgIpc) is 3.24. The van der Waals surface area contributed by atoms with Gasteiger partial charge in [0.1, 0.15) is 5.69 Å². The molecule has 1 aliphatic heterocycles. The highest BCUT2D eigenvalue weighted by molar-refractivity contribution is 7.89. The Morgan fingerprint density at radius 2 is 1.66 bits per heavy atom. The third-order valence-electron chi connectivity index (χ3n) is 4.37. The number of hydrogen-bond donors (Lipinski definition) is 1. The number of nitrogens with one attached hydrogen (secondary N) is 1. The quantitative estimate of drug-likeness (QED) is 0.412. The molecule has 0 aliphatic carbocycles. The fraction of sp³-hybridized carbons (Fsp3) is 0.235. The first-order valence-electron chi connectivity index (χ1n) is 8.61. The van der Waals surface area contributed by atoms with Gasteiger partial charge in [0.25, 0.3) is 11.4 Å². The van der Waals surface area contributed by atoms with Gasteiger partial charge in [-0.05, 0) is 42.7 Å². The molecule has 0 bridgehead atoms. The van der Waals surface area contributed by atoms with Crippen LogP contribution in [-0.2, 0) is 10.0 Å². The molecule has 2 aromatic rings. The Balaban J connectivity index is 1.80. The van der Waals surface area contributed by atoms with Gasteiger partial charge in [-0.25, -0.2) is 8.42 Å². The lowest BCUT2D eigenvalue weighted by molar-refractivity contribution is -0.384. The maximum absolute atomic E-state index is 12.6. The Morgan fingerprint density at radius 3 is 2.24 bits per heavy atom. The fourth-order valence-electron chi connectivity index (χ4n) is 2.85. The minimum atomic E-state index is -3.78. The first-order valence-corrected chi connectivity index (χ1v) is 10.0. The van der Waals surface area contributed by atoms with Crippen LogP contribution in [0.25, 0.3) is 0 Å². The molecule has 1 fully saturated rings. The Morgan fingerprint density at radius 1 is 1.00 bits per heavy atom. The van der Waals surface area contributed by atoms with Gasteiger partial charge < -0.3 is 0 Å². The van der Waals surface area contributed by atoms with E-state index in [0.29, 0.717) is 18.7 Å². The number of nitrogens with zero attached hydrogens (tertiary/aromatic N) is 4. The van der Waals surface area contributed by atoms with E-state index in [1.165, 1.54) is 46.9 Å². The molecule has 29 heavy (non-hydrogen) atoms. The van der Waals surface area contributed by atoms with Crippen molar-refractivity contribution in [3.8, 4) is 0 Å². The summed E-state index contributed by atoms with van der Waals surface area (Å²) >= 11 is 0. The maximum Gasteiger partial charge on any atom is 0.295 e. The number of non-ortho nitro benzene ring substituents is 1. The lowest BCUT2D eigenvalue weighted by Gasteiger charge is -2.15. The van der Waals surface area contributed by atoms with Gasteiger partial charge in [0.05, 0.1) is 21.0 Å². The van der Waals surface area contributed by atoms with Crippen LogP contribution in [-0.4, -0.2) is 41.9 Å². The Bertz CT molecular complexity index is 1060. The number of nitro groups is 2. The van der Waals surface area contributed by atoms with Gasteiger partial charge in [0.15, 0.2) is 0 Å². The lowest BCUT2D eigenvalue weighted by atomic mass is 10.2. The molecule has 152 valence electrons. The van der Waals surface area contributed by atoms with Gasteiger partial charge in [-0.1, -0.05) is 0 Å². The highest BCUT2D eigenvalue weighted by Gasteiger charge is 2.29. The second kappa shape index (κ2) is 8.32. The standard InChI is InChI=1S/C17H17N5O6S/c23-21(24)14-5-3-13(4-6-14)12-18-19-16-8-7-15(11-17(16)22(25)26)29(27,28)20-9-1-2-10-20/h3-8,11-12,19H,1-2,9-10H2/b18-12+. The highest BCUT2D eigenvalue weighted by atomic mass is 32.2. The summed E-state index contributed by atoms with van der Waals surface area (Å²) in [5, 5.41) is 25.9. The van der Waals surface area contributed by atoms with Crippen molar-refractivity contribution in [3.63, 3.8) is 0 Å². The predicted octanol–water partition coefficient (Wildman–Crippen LogP) is 2.73. The summed E-state index contributed by atoms with van der Waals surface area (Å²) in [6.07, 6.45) is 2.86. The summed E-state index contributed by atoms with van der Waals surface area (Å²) in [4.78, 5) is 20.7. The molecule has 0 atom stereocenters. The monoisotopic (exact) mass is 419 g/mol. The Hall–Kier alpha value is -3.38. The SMILES string of the molecule is O=[N+]([O-])c1ccc(/C=N/Nc2ccc(S(=O)(=O)N3CCCC3)cc2[N+](=O)[O-])cc1. The molecule has 0 spiro atoms. The Labute approximate surface area is 166 Å². The fourth-order valence-corrected chi connectivity index (χ4v) is 4.39. The molecular formula is C17H17N5O6S. The highest BCUT2D eigenvalue weighted by Crippen LogP contribution is 2.30. The number of benzene rings is 2. The van der Waals surface area contributed by atoms with Crippen molar-refractivity contribution in [2.45, 2.75) is 17.7 Å². The minimum Gasteiger partial charge on any atom is -0.272 e. The van der Waals surface area contributed by atoms with Crippen LogP contribution in [0.2, 0.25) is 0 Å². The normalized spacial score (nSPS) is 14.9. The zero-order valence-corrected chi connectivity index (χ0v) is 15.9. The van der Waals surface area contributed by atoms with Crippen LogP contribution < -0.4 is 5.43 Å². The smallest absolute Gasteiger partial charge is 0.272 e. The van der Waals surface area contributed by atoms with E-state index in [1.54, 1.807) is 0 Å². The van der Waals surface area contributed by atoms with E-state index in [4.69, 9.17) is 0 Å². The summed E-state index contributed by atoms with van der Waals surface area (Å²) in [5.41, 5.74) is 2.58. The van der Waals surface area contributed by atoms with Gasteiger partial charge in [-0.3, -0.25) is 25.7 Å². The molecule has 0 aromatic heterocycles. The third kappa shape index (κ3) is 4.55. The van der Waals surface area contributed by atoms with Crippen LogP contribution in [0.4, 0.5) is 17.1 Å². The van der Waals surface area contributed by atoms with E-state index in [0.717, 1.165) is 18.9 Å². The number of nitro benzene ring substituents is 2. The summed E-state index contributed by atoms with van der Waals surface area (Å²) in [6, 6.07) is 9.16.